The van der Waals surface area contributed by atoms with Gasteiger partial charge >= 0.3 is 5.91 Å². The number of pyridine rings is 1. The van der Waals surface area contributed by atoms with Gasteiger partial charge in [0.25, 0.3) is 0 Å². The first-order valence-electron chi connectivity index (χ1n) is 4.94. The number of quaternary nitrogens is 1. The number of nitrogens with zero attached hydrogens (tertiary/aromatic N) is 1. The van der Waals surface area contributed by atoms with Crippen molar-refractivity contribution in [2.75, 3.05) is 0 Å². The molecule has 3 N–H and O–H groups in total. The lowest BCUT2D eigenvalue weighted by atomic mass is 10.1. The molecular weight excluding hydrogens is 188 g/mol. The first-order chi connectivity index (χ1) is 7.25. The van der Waals surface area contributed by atoms with Gasteiger partial charge in [0.05, 0.1) is 11.9 Å². The standard InChI is InChI=1S/C12H12N2O/c13-12(15)6-4-9-3-5-11-10(8-9)2-1-7-14-11/h1-3,5,7-8H,4,6H2,(H2,13,15)/p+1. The van der Waals surface area contributed by atoms with Gasteiger partial charge in [-0.25, -0.2) is 4.79 Å². The molecule has 0 fully saturated rings. The molecule has 0 saturated heterocycles. The van der Waals surface area contributed by atoms with Crippen LogP contribution in [0.2, 0.25) is 0 Å². The third-order valence-corrected chi connectivity index (χ3v) is 2.36. The Bertz CT molecular complexity index is 494. The fourth-order valence-electron chi connectivity index (χ4n) is 1.56. The number of fused-ring (bicyclic) bond motifs is 1. The molecular formula is C12H13N2O+. The molecule has 1 aromatic heterocycles. The van der Waals surface area contributed by atoms with E-state index in [0.29, 0.717) is 6.42 Å². The summed E-state index contributed by atoms with van der Waals surface area (Å²) in [5, 5.41) is 1.12. The zero-order chi connectivity index (χ0) is 10.7. The second kappa shape index (κ2) is 4.19. The van der Waals surface area contributed by atoms with E-state index in [-0.39, 0.29) is 5.91 Å². The first-order valence-corrected chi connectivity index (χ1v) is 4.94. The Kier molecular flexibility index (Phi) is 2.74. The predicted octanol–water partition coefficient (Wildman–Crippen LogP) is 0.936. The minimum atomic E-state index is -0.0127. The van der Waals surface area contributed by atoms with E-state index in [1.165, 1.54) is 0 Å². The zero-order valence-corrected chi connectivity index (χ0v) is 8.44. The summed E-state index contributed by atoms with van der Waals surface area (Å²) in [4.78, 5) is 15.0. The lowest BCUT2D eigenvalue weighted by Gasteiger charge is -2.00. The van der Waals surface area contributed by atoms with E-state index in [4.69, 9.17) is 0 Å². The Morgan fingerprint density at radius 2 is 2.20 bits per heavy atom. The number of hydrogen-bond donors (Lipinski definition) is 1. The second-order valence-electron chi connectivity index (χ2n) is 3.57. The molecule has 1 amide bonds. The number of aryl methyl sites for hydroxylation is 1. The van der Waals surface area contributed by atoms with Gasteiger partial charge in [-0.2, -0.15) is 0 Å². The molecule has 0 spiro atoms. The van der Waals surface area contributed by atoms with Crippen molar-refractivity contribution in [3.63, 3.8) is 0 Å². The average molecular weight is 201 g/mol. The Hall–Kier alpha value is -1.74. The molecule has 1 aromatic carbocycles. The molecule has 0 saturated carbocycles. The fraction of sp³-hybridized carbons (Fsp3) is 0.167. The van der Waals surface area contributed by atoms with Gasteiger partial charge in [-0.1, -0.05) is 12.1 Å². The van der Waals surface area contributed by atoms with Crippen molar-refractivity contribution >= 4 is 16.8 Å². The molecule has 0 bridgehead atoms. The van der Waals surface area contributed by atoms with Crippen molar-refractivity contribution in [2.24, 2.45) is 0 Å². The van der Waals surface area contributed by atoms with E-state index in [1.807, 2.05) is 24.3 Å². The van der Waals surface area contributed by atoms with E-state index in [2.05, 4.69) is 16.8 Å². The van der Waals surface area contributed by atoms with Crippen LogP contribution in [0, 0.1) is 0 Å². The lowest BCUT2D eigenvalue weighted by molar-refractivity contribution is -0.305. The normalized spacial score (nSPS) is 10.5. The summed E-state index contributed by atoms with van der Waals surface area (Å²) in [7, 11) is 0. The van der Waals surface area contributed by atoms with Crippen LogP contribution in [0.25, 0.3) is 10.9 Å². The topological polar surface area (TPSA) is 57.6 Å². The molecule has 0 aliphatic heterocycles. The van der Waals surface area contributed by atoms with Crippen molar-refractivity contribution in [1.29, 1.82) is 0 Å². The number of amides is 1. The number of benzene rings is 1. The van der Waals surface area contributed by atoms with Gasteiger partial charge in [-0.15, -0.1) is 0 Å². The van der Waals surface area contributed by atoms with E-state index >= 15 is 0 Å². The number of rotatable bonds is 3. The molecule has 0 aliphatic rings. The van der Waals surface area contributed by atoms with Crippen molar-refractivity contribution in [1.82, 2.24) is 4.98 Å². The van der Waals surface area contributed by atoms with Crippen LogP contribution >= 0.6 is 0 Å². The molecule has 0 radical (unpaired) electrons. The van der Waals surface area contributed by atoms with Gasteiger partial charge in [-0.3, -0.25) is 10.7 Å². The van der Waals surface area contributed by atoms with Crippen LogP contribution < -0.4 is 5.73 Å². The van der Waals surface area contributed by atoms with Crippen molar-refractivity contribution in [3.05, 3.63) is 42.1 Å². The summed E-state index contributed by atoms with van der Waals surface area (Å²) >= 11 is 0. The highest BCUT2D eigenvalue weighted by Crippen LogP contribution is 2.14. The van der Waals surface area contributed by atoms with Gasteiger partial charge in [0.1, 0.15) is 0 Å². The molecule has 15 heavy (non-hydrogen) atoms. The Balaban J connectivity index is 2.26. The molecule has 2 aromatic rings. The highest BCUT2D eigenvalue weighted by atomic mass is 16.1. The monoisotopic (exact) mass is 201 g/mol. The van der Waals surface area contributed by atoms with Crippen molar-refractivity contribution in [3.8, 4) is 0 Å². The Morgan fingerprint density at radius 1 is 1.33 bits per heavy atom. The van der Waals surface area contributed by atoms with Crippen LogP contribution in [0.4, 0.5) is 0 Å². The van der Waals surface area contributed by atoms with E-state index in [9.17, 15) is 4.79 Å². The number of carbonyl (C=O) groups is 1. The lowest BCUT2D eigenvalue weighted by Crippen LogP contribution is -2.56. The predicted molar refractivity (Wildman–Crippen MR) is 58.0 cm³/mol. The molecule has 0 aliphatic carbocycles. The third kappa shape index (κ3) is 2.39. The first kappa shape index (κ1) is 9.80. The van der Waals surface area contributed by atoms with Crippen molar-refractivity contribution < 1.29 is 10.5 Å². The summed E-state index contributed by atoms with van der Waals surface area (Å²) in [6.45, 7) is 0. The molecule has 3 heteroatoms. The smallest absolute Gasteiger partial charge is 0.295 e. The number of aromatic nitrogens is 1. The quantitative estimate of drug-likeness (QED) is 0.803. The molecule has 1 heterocycles. The van der Waals surface area contributed by atoms with E-state index < -0.39 is 0 Å². The number of hydrogen-bond acceptors (Lipinski definition) is 2. The largest absolute Gasteiger partial charge is 0.309 e. The highest BCUT2D eigenvalue weighted by molar-refractivity contribution is 5.79. The Morgan fingerprint density at radius 3 is 3.00 bits per heavy atom. The van der Waals surface area contributed by atoms with Crippen LogP contribution in [0.5, 0.6) is 0 Å². The van der Waals surface area contributed by atoms with Crippen LogP contribution in [-0.4, -0.2) is 10.9 Å². The van der Waals surface area contributed by atoms with E-state index in [1.54, 1.807) is 6.20 Å². The molecule has 0 unspecified atom stereocenters. The van der Waals surface area contributed by atoms with Crippen LogP contribution in [0.1, 0.15) is 12.0 Å². The van der Waals surface area contributed by atoms with Gasteiger partial charge in [0, 0.05) is 11.6 Å². The highest BCUT2D eigenvalue weighted by Gasteiger charge is 2.01. The average Bonchev–Trinajstić information content (AvgIpc) is 2.26. The van der Waals surface area contributed by atoms with Gasteiger partial charge < -0.3 is 0 Å². The Labute approximate surface area is 87.9 Å². The van der Waals surface area contributed by atoms with E-state index in [0.717, 1.165) is 22.9 Å². The fourth-order valence-corrected chi connectivity index (χ4v) is 1.56. The molecule has 76 valence electrons. The van der Waals surface area contributed by atoms with Gasteiger partial charge in [-0.05, 0) is 30.2 Å². The third-order valence-electron chi connectivity index (χ3n) is 2.36. The minimum absolute atomic E-state index is 0.0127. The summed E-state index contributed by atoms with van der Waals surface area (Å²) in [6, 6.07) is 10.0. The van der Waals surface area contributed by atoms with Crippen molar-refractivity contribution in [2.45, 2.75) is 12.8 Å². The number of carbonyl (C=O) groups excluding carboxylic acids is 1. The minimum Gasteiger partial charge on any atom is -0.295 e. The maximum atomic E-state index is 10.8. The second-order valence-corrected chi connectivity index (χ2v) is 3.57. The molecule has 0 atom stereocenters. The van der Waals surface area contributed by atoms with Gasteiger partial charge in [0.2, 0.25) is 0 Å². The SMILES string of the molecule is [NH3+]C(=O)CCc1ccc2ncccc2c1. The van der Waals surface area contributed by atoms with Crippen LogP contribution in [0.15, 0.2) is 36.5 Å². The summed E-state index contributed by atoms with van der Waals surface area (Å²) in [6.07, 6.45) is 3.04. The maximum Gasteiger partial charge on any atom is 0.309 e. The molecule has 2 rings (SSSR count). The van der Waals surface area contributed by atoms with Gasteiger partial charge in [0.15, 0.2) is 0 Å². The summed E-state index contributed by atoms with van der Waals surface area (Å²) < 4.78 is 0. The maximum absolute atomic E-state index is 10.8. The van der Waals surface area contributed by atoms with Crippen LogP contribution in [-0.2, 0) is 11.2 Å². The summed E-state index contributed by atoms with van der Waals surface area (Å²) in [5.74, 6) is -0.0127. The summed E-state index contributed by atoms with van der Waals surface area (Å²) in [5.41, 5.74) is 5.51. The molecule has 3 nitrogen and oxygen atoms in total. The van der Waals surface area contributed by atoms with Crippen LogP contribution in [0.3, 0.4) is 0 Å². The zero-order valence-electron chi connectivity index (χ0n) is 8.44.